The molecule has 0 radical (unpaired) electrons. The molecule has 0 fully saturated rings. The molecule has 0 saturated carbocycles. The van der Waals surface area contributed by atoms with Gasteiger partial charge in [-0.25, -0.2) is 9.67 Å². The standard InChI is InChI=1S/C18H15N5O2/c24-16-10-23(15-9-5-4-8-14(15)20-16)17(25)11-22-12-19-18(21-22)13-6-2-1-3-7-13/h1-9,12H,10-11H2,(H,20,24). The van der Waals surface area contributed by atoms with Crippen LogP contribution in [0.25, 0.3) is 11.4 Å². The number of carbonyl (C=O) groups is 2. The van der Waals surface area contributed by atoms with Crippen molar-refractivity contribution >= 4 is 23.2 Å². The zero-order valence-corrected chi connectivity index (χ0v) is 13.3. The Hall–Kier alpha value is -3.48. The summed E-state index contributed by atoms with van der Waals surface area (Å²) >= 11 is 0. The quantitative estimate of drug-likeness (QED) is 0.794. The molecule has 0 saturated heterocycles. The molecule has 2 amide bonds. The predicted molar refractivity (Wildman–Crippen MR) is 92.9 cm³/mol. The van der Waals surface area contributed by atoms with E-state index in [0.29, 0.717) is 17.2 Å². The van der Waals surface area contributed by atoms with E-state index in [-0.39, 0.29) is 24.9 Å². The number of hydrogen-bond donors (Lipinski definition) is 1. The predicted octanol–water partition coefficient (Wildman–Crippen LogP) is 1.93. The van der Waals surface area contributed by atoms with Gasteiger partial charge in [-0.1, -0.05) is 42.5 Å². The van der Waals surface area contributed by atoms with E-state index in [9.17, 15) is 9.59 Å². The van der Waals surface area contributed by atoms with Gasteiger partial charge in [0.25, 0.3) is 0 Å². The van der Waals surface area contributed by atoms with Gasteiger partial charge >= 0.3 is 0 Å². The molecule has 0 aliphatic carbocycles. The molecular formula is C18H15N5O2. The number of anilines is 2. The maximum Gasteiger partial charge on any atom is 0.249 e. The molecule has 7 nitrogen and oxygen atoms in total. The highest BCUT2D eigenvalue weighted by Gasteiger charge is 2.26. The second kappa shape index (κ2) is 6.20. The van der Waals surface area contributed by atoms with Gasteiger partial charge in [0, 0.05) is 5.56 Å². The first-order valence-corrected chi connectivity index (χ1v) is 7.85. The van der Waals surface area contributed by atoms with Crippen LogP contribution < -0.4 is 10.2 Å². The minimum atomic E-state index is -0.216. The van der Waals surface area contributed by atoms with Gasteiger partial charge < -0.3 is 5.32 Å². The lowest BCUT2D eigenvalue weighted by Crippen LogP contribution is -2.43. The Balaban J connectivity index is 1.55. The molecule has 2 heterocycles. The van der Waals surface area contributed by atoms with Gasteiger partial charge in [-0.05, 0) is 12.1 Å². The van der Waals surface area contributed by atoms with Crippen LogP contribution in [0.1, 0.15) is 0 Å². The Kier molecular flexibility index (Phi) is 3.74. The maximum absolute atomic E-state index is 12.7. The Bertz CT molecular complexity index is 935. The highest BCUT2D eigenvalue weighted by atomic mass is 16.2. The molecule has 0 atom stereocenters. The molecule has 1 N–H and O–H groups in total. The number of benzene rings is 2. The van der Waals surface area contributed by atoms with Crippen LogP contribution in [-0.2, 0) is 16.1 Å². The first-order valence-electron chi connectivity index (χ1n) is 7.85. The number of carbonyl (C=O) groups excluding carboxylic acids is 2. The first kappa shape index (κ1) is 15.1. The Morgan fingerprint density at radius 1 is 1.08 bits per heavy atom. The van der Waals surface area contributed by atoms with Crippen molar-refractivity contribution in [1.29, 1.82) is 0 Å². The van der Waals surface area contributed by atoms with Gasteiger partial charge in [0.05, 0.1) is 11.4 Å². The molecule has 4 rings (SSSR count). The Morgan fingerprint density at radius 3 is 2.68 bits per heavy atom. The molecule has 1 aromatic heterocycles. The summed E-state index contributed by atoms with van der Waals surface area (Å²) in [6, 6.07) is 16.8. The van der Waals surface area contributed by atoms with Crippen LogP contribution in [0.15, 0.2) is 60.9 Å². The molecule has 0 unspecified atom stereocenters. The molecule has 1 aliphatic heterocycles. The fourth-order valence-corrected chi connectivity index (χ4v) is 2.77. The number of aromatic nitrogens is 3. The molecular weight excluding hydrogens is 318 g/mol. The maximum atomic E-state index is 12.7. The van der Waals surface area contributed by atoms with E-state index in [4.69, 9.17) is 0 Å². The number of fused-ring (bicyclic) bond motifs is 1. The fraction of sp³-hybridized carbons (Fsp3) is 0.111. The number of amides is 2. The smallest absolute Gasteiger partial charge is 0.249 e. The number of hydrogen-bond acceptors (Lipinski definition) is 4. The zero-order valence-electron chi connectivity index (χ0n) is 13.3. The summed E-state index contributed by atoms with van der Waals surface area (Å²) < 4.78 is 1.49. The average Bonchev–Trinajstić information content (AvgIpc) is 3.10. The van der Waals surface area contributed by atoms with Crippen molar-refractivity contribution < 1.29 is 9.59 Å². The summed E-state index contributed by atoms with van der Waals surface area (Å²) in [5, 5.41) is 7.11. The van der Waals surface area contributed by atoms with Crippen LogP contribution in [0, 0.1) is 0 Å². The molecule has 124 valence electrons. The fourth-order valence-electron chi connectivity index (χ4n) is 2.77. The Morgan fingerprint density at radius 2 is 1.84 bits per heavy atom. The van der Waals surface area contributed by atoms with E-state index in [1.54, 1.807) is 6.07 Å². The van der Waals surface area contributed by atoms with Crippen molar-refractivity contribution in [1.82, 2.24) is 14.8 Å². The lowest BCUT2D eigenvalue weighted by Gasteiger charge is -2.29. The highest BCUT2D eigenvalue weighted by Crippen LogP contribution is 2.29. The largest absolute Gasteiger partial charge is 0.323 e. The van der Waals surface area contributed by atoms with Crippen LogP contribution in [0.2, 0.25) is 0 Å². The van der Waals surface area contributed by atoms with Crippen molar-refractivity contribution in [3.05, 3.63) is 60.9 Å². The summed E-state index contributed by atoms with van der Waals surface area (Å²) in [7, 11) is 0. The van der Waals surface area contributed by atoms with Crippen molar-refractivity contribution in [2.45, 2.75) is 6.54 Å². The summed E-state index contributed by atoms with van der Waals surface area (Å²) in [6.45, 7) is 0.0114. The third kappa shape index (κ3) is 2.99. The van der Waals surface area contributed by atoms with Crippen molar-refractivity contribution in [2.24, 2.45) is 0 Å². The summed E-state index contributed by atoms with van der Waals surface area (Å²) in [6.07, 6.45) is 1.52. The number of nitrogens with one attached hydrogen (secondary N) is 1. The van der Waals surface area contributed by atoms with Gasteiger partial charge in [-0.15, -0.1) is 0 Å². The van der Waals surface area contributed by atoms with E-state index in [0.717, 1.165) is 5.56 Å². The molecule has 25 heavy (non-hydrogen) atoms. The molecule has 0 bridgehead atoms. The normalized spacial score (nSPS) is 13.3. The van der Waals surface area contributed by atoms with Gasteiger partial charge in [0.2, 0.25) is 11.8 Å². The number of para-hydroxylation sites is 2. The van der Waals surface area contributed by atoms with Gasteiger partial charge in [-0.3, -0.25) is 14.5 Å². The highest BCUT2D eigenvalue weighted by molar-refractivity contribution is 6.09. The van der Waals surface area contributed by atoms with E-state index in [1.165, 1.54) is 15.9 Å². The third-order valence-corrected chi connectivity index (χ3v) is 3.94. The summed E-state index contributed by atoms with van der Waals surface area (Å²) in [5.41, 5.74) is 2.21. The summed E-state index contributed by atoms with van der Waals surface area (Å²) in [4.78, 5) is 30.2. The van der Waals surface area contributed by atoms with E-state index < -0.39 is 0 Å². The van der Waals surface area contributed by atoms with Crippen molar-refractivity contribution in [3.63, 3.8) is 0 Å². The lowest BCUT2D eigenvalue weighted by molar-refractivity contribution is -0.122. The molecule has 7 heteroatoms. The minimum absolute atomic E-state index is 0.00388. The molecule has 3 aromatic rings. The molecule has 1 aliphatic rings. The Labute approximate surface area is 143 Å². The average molecular weight is 333 g/mol. The monoisotopic (exact) mass is 333 g/mol. The molecule has 0 spiro atoms. The van der Waals surface area contributed by atoms with Crippen LogP contribution >= 0.6 is 0 Å². The SMILES string of the molecule is O=C1CN(C(=O)Cn2cnc(-c3ccccc3)n2)c2ccccc2N1. The van der Waals surface area contributed by atoms with Crippen molar-refractivity contribution in [2.75, 3.05) is 16.8 Å². The van der Waals surface area contributed by atoms with Gasteiger partial charge in [0.15, 0.2) is 5.82 Å². The van der Waals surface area contributed by atoms with Crippen LogP contribution in [0.5, 0.6) is 0 Å². The minimum Gasteiger partial charge on any atom is -0.323 e. The zero-order chi connectivity index (χ0) is 17.2. The van der Waals surface area contributed by atoms with Crippen LogP contribution in [0.3, 0.4) is 0 Å². The van der Waals surface area contributed by atoms with E-state index in [1.807, 2.05) is 48.5 Å². The summed E-state index contributed by atoms with van der Waals surface area (Å²) in [5.74, 6) is 0.132. The van der Waals surface area contributed by atoms with Crippen LogP contribution in [0.4, 0.5) is 11.4 Å². The van der Waals surface area contributed by atoms with E-state index >= 15 is 0 Å². The first-order chi connectivity index (χ1) is 12.2. The topological polar surface area (TPSA) is 80.1 Å². The second-order valence-corrected chi connectivity index (χ2v) is 5.68. The van der Waals surface area contributed by atoms with Crippen LogP contribution in [-0.4, -0.2) is 33.1 Å². The third-order valence-electron chi connectivity index (χ3n) is 3.94. The lowest BCUT2D eigenvalue weighted by atomic mass is 10.2. The number of rotatable bonds is 3. The molecule has 2 aromatic carbocycles. The second-order valence-electron chi connectivity index (χ2n) is 5.68. The van der Waals surface area contributed by atoms with Gasteiger partial charge in [0.1, 0.15) is 19.4 Å². The van der Waals surface area contributed by atoms with Crippen molar-refractivity contribution in [3.8, 4) is 11.4 Å². The number of nitrogens with zero attached hydrogens (tertiary/aromatic N) is 4. The van der Waals surface area contributed by atoms with E-state index in [2.05, 4.69) is 15.4 Å². The van der Waals surface area contributed by atoms with Gasteiger partial charge in [-0.2, -0.15) is 5.10 Å².